The summed E-state index contributed by atoms with van der Waals surface area (Å²) in [6.45, 7) is 4.45. The molecule has 9 rings (SSSR count). The highest BCUT2D eigenvalue weighted by Gasteiger charge is 2.62. The number of anilines is 2. The van der Waals surface area contributed by atoms with E-state index in [-0.39, 0.29) is 23.0 Å². The first-order chi connectivity index (χ1) is 21.9. The van der Waals surface area contributed by atoms with Crippen LogP contribution in [0.15, 0.2) is 60.7 Å². The van der Waals surface area contributed by atoms with Crippen molar-refractivity contribution in [3.05, 3.63) is 89.0 Å². The Morgan fingerprint density at radius 3 is 2.82 bits per heavy atom. The number of halogens is 1. The summed E-state index contributed by atoms with van der Waals surface area (Å²) in [4.78, 5) is 22.0. The number of hydrogen-bond acceptors (Lipinski definition) is 7. The van der Waals surface area contributed by atoms with Crippen molar-refractivity contribution in [2.75, 3.05) is 29.9 Å². The maximum atomic E-state index is 14.5. The first-order valence-electron chi connectivity index (χ1n) is 15.8. The number of aromatic nitrogens is 2. The fourth-order valence-corrected chi connectivity index (χ4v) is 8.08. The summed E-state index contributed by atoms with van der Waals surface area (Å²) < 4.78 is 22.4. The van der Waals surface area contributed by atoms with Gasteiger partial charge in [-0.25, -0.2) is 14.2 Å². The SMILES string of the molecule is N#Cc1ccc(CNc2cccc(N3CC4CCC5CC4(C3)N5Cc3nc4ccc(C(=O)O)cc4n3CC3CCO3)c2)c(F)c1. The topological polar surface area (TPSA) is 107 Å². The van der Waals surface area contributed by atoms with Crippen LogP contribution in [0, 0.1) is 23.1 Å². The molecule has 0 radical (unpaired) electrons. The Morgan fingerprint density at radius 1 is 1.16 bits per heavy atom. The van der Waals surface area contributed by atoms with E-state index in [1.807, 2.05) is 24.3 Å². The fourth-order valence-electron chi connectivity index (χ4n) is 8.08. The summed E-state index contributed by atoms with van der Waals surface area (Å²) in [7, 11) is 0. The Labute approximate surface area is 260 Å². The van der Waals surface area contributed by atoms with Crippen LogP contribution in [0.5, 0.6) is 0 Å². The van der Waals surface area contributed by atoms with Gasteiger partial charge in [0.05, 0.1) is 47.4 Å². The number of carboxylic acids is 1. The summed E-state index contributed by atoms with van der Waals surface area (Å²) >= 11 is 0. The van der Waals surface area contributed by atoms with Crippen LogP contribution in [0.3, 0.4) is 0 Å². The quantitative estimate of drug-likeness (QED) is 0.261. The van der Waals surface area contributed by atoms with Crippen LogP contribution in [0.4, 0.5) is 15.8 Å². The number of rotatable bonds is 9. The van der Waals surface area contributed by atoms with Gasteiger partial charge in [-0.05, 0) is 80.1 Å². The number of piperidine rings is 1. The van der Waals surface area contributed by atoms with Gasteiger partial charge in [0.1, 0.15) is 11.6 Å². The molecule has 1 saturated carbocycles. The van der Waals surface area contributed by atoms with E-state index in [1.165, 1.54) is 25.3 Å². The third-order valence-corrected chi connectivity index (χ3v) is 10.6. The molecule has 2 N–H and O–H groups in total. The minimum atomic E-state index is -0.933. The van der Waals surface area contributed by atoms with Crippen LogP contribution in [-0.2, 0) is 24.4 Å². The Balaban J connectivity index is 1.02. The molecule has 4 aromatic rings. The molecule has 1 spiro atoms. The average molecular weight is 607 g/mol. The Kier molecular flexibility index (Phi) is 6.77. The van der Waals surface area contributed by atoms with Gasteiger partial charge in [-0.15, -0.1) is 0 Å². The number of ether oxygens (including phenoxy) is 1. The highest BCUT2D eigenvalue weighted by molar-refractivity contribution is 5.92. The lowest BCUT2D eigenvalue weighted by molar-refractivity contribution is -0.133. The van der Waals surface area contributed by atoms with Gasteiger partial charge in [0.25, 0.3) is 0 Å². The van der Waals surface area contributed by atoms with Gasteiger partial charge in [-0.2, -0.15) is 5.26 Å². The molecule has 230 valence electrons. The molecule has 10 heteroatoms. The molecule has 4 saturated heterocycles. The second kappa shape index (κ2) is 10.9. The van der Waals surface area contributed by atoms with Crippen molar-refractivity contribution in [2.45, 2.75) is 63.0 Å². The van der Waals surface area contributed by atoms with Crippen LogP contribution >= 0.6 is 0 Å². The maximum Gasteiger partial charge on any atom is 0.335 e. The zero-order valence-corrected chi connectivity index (χ0v) is 25.0. The van der Waals surface area contributed by atoms with Crippen molar-refractivity contribution in [1.29, 1.82) is 5.26 Å². The molecule has 2 bridgehead atoms. The minimum absolute atomic E-state index is 0.0835. The summed E-state index contributed by atoms with van der Waals surface area (Å²) in [5.74, 6) is 0.221. The number of aromatic carboxylic acids is 1. The van der Waals surface area contributed by atoms with Crippen LogP contribution in [0.25, 0.3) is 11.0 Å². The number of nitrogens with zero attached hydrogens (tertiary/aromatic N) is 5. The predicted molar refractivity (Wildman–Crippen MR) is 168 cm³/mol. The molecular weight excluding hydrogens is 571 g/mol. The molecule has 1 aromatic heterocycles. The number of carbonyl (C=O) groups is 1. The van der Waals surface area contributed by atoms with E-state index in [0.29, 0.717) is 36.2 Å². The van der Waals surface area contributed by atoms with E-state index in [2.05, 4.69) is 31.8 Å². The van der Waals surface area contributed by atoms with Gasteiger partial charge < -0.3 is 24.6 Å². The summed E-state index contributed by atoms with van der Waals surface area (Å²) in [6, 6.07) is 20.6. The largest absolute Gasteiger partial charge is 0.478 e. The van der Waals surface area contributed by atoms with Gasteiger partial charge in [0, 0.05) is 54.8 Å². The highest BCUT2D eigenvalue weighted by atomic mass is 19.1. The molecule has 5 aliphatic rings. The van der Waals surface area contributed by atoms with Crippen molar-refractivity contribution >= 4 is 28.4 Å². The third-order valence-electron chi connectivity index (χ3n) is 10.6. The lowest BCUT2D eigenvalue weighted by Gasteiger charge is -2.63. The number of carboxylic acid groups (broad SMARTS) is 1. The number of nitriles is 1. The number of hydrogen-bond donors (Lipinski definition) is 2. The van der Waals surface area contributed by atoms with Crippen molar-refractivity contribution < 1.29 is 19.0 Å². The van der Waals surface area contributed by atoms with Crippen LogP contribution in [-0.4, -0.2) is 62.9 Å². The summed E-state index contributed by atoms with van der Waals surface area (Å²) in [5, 5.41) is 22.0. The standard InChI is InChI=1S/C35H35FN6O3/c36-30-12-22(16-37)4-5-24(30)17-38-26-2-1-3-27(14-26)40-18-25-7-8-28-15-35(25,21-40)42(28)20-33-39-31-9-6-23(34(43)44)13-32(31)41(33)19-29-10-11-45-29/h1-6,9,12-14,25,28-29,38H,7-8,10-11,15,17-21H2,(H,43,44). The van der Waals surface area contributed by atoms with Gasteiger partial charge in [-0.3, -0.25) is 4.90 Å². The Hall–Kier alpha value is -4.46. The molecule has 4 unspecified atom stereocenters. The molecule has 9 nitrogen and oxygen atoms in total. The smallest absolute Gasteiger partial charge is 0.335 e. The van der Waals surface area contributed by atoms with E-state index < -0.39 is 5.97 Å². The van der Waals surface area contributed by atoms with Crippen molar-refractivity contribution in [3.8, 4) is 6.07 Å². The first-order valence-corrected chi connectivity index (χ1v) is 15.8. The van der Waals surface area contributed by atoms with Crippen LogP contribution in [0.2, 0.25) is 0 Å². The average Bonchev–Trinajstić information content (AvgIpc) is 3.61. The number of imidazole rings is 1. The van der Waals surface area contributed by atoms with Crippen molar-refractivity contribution in [1.82, 2.24) is 14.5 Å². The molecule has 4 aliphatic heterocycles. The Morgan fingerprint density at radius 2 is 2.04 bits per heavy atom. The zero-order valence-electron chi connectivity index (χ0n) is 25.0. The molecule has 0 amide bonds. The van der Waals surface area contributed by atoms with E-state index in [9.17, 15) is 14.3 Å². The number of benzene rings is 3. The highest BCUT2D eigenvalue weighted by Crippen LogP contribution is 2.55. The Bertz CT molecular complexity index is 1850. The van der Waals surface area contributed by atoms with E-state index in [4.69, 9.17) is 15.0 Å². The molecule has 3 aromatic carbocycles. The van der Waals surface area contributed by atoms with Gasteiger partial charge >= 0.3 is 5.97 Å². The van der Waals surface area contributed by atoms with Gasteiger partial charge in [0.2, 0.25) is 0 Å². The van der Waals surface area contributed by atoms with E-state index >= 15 is 0 Å². The molecule has 4 atom stereocenters. The lowest BCUT2D eigenvalue weighted by atomic mass is 9.63. The van der Waals surface area contributed by atoms with E-state index in [0.717, 1.165) is 60.9 Å². The number of nitrogens with one attached hydrogen (secondary N) is 1. The third kappa shape index (κ3) is 4.82. The summed E-state index contributed by atoms with van der Waals surface area (Å²) in [6.07, 6.45) is 4.70. The fraction of sp³-hybridized carbons (Fsp3) is 0.400. The molecule has 45 heavy (non-hydrogen) atoms. The molecule has 5 heterocycles. The lowest BCUT2D eigenvalue weighted by Crippen LogP contribution is -2.72. The van der Waals surface area contributed by atoms with Gasteiger partial charge in [0.15, 0.2) is 0 Å². The summed E-state index contributed by atoms with van der Waals surface area (Å²) in [5.41, 5.74) is 4.97. The monoisotopic (exact) mass is 606 g/mol. The molecule has 5 fully saturated rings. The molecule has 1 aliphatic carbocycles. The van der Waals surface area contributed by atoms with Crippen LogP contribution in [0.1, 0.15) is 53.0 Å². The minimum Gasteiger partial charge on any atom is -0.478 e. The van der Waals surface area contributed by atoms with E-state index in [1.54, 1.807) is 24.3 Å². The second-order valence-corrected chi connectivity index (χ2v) is 13.0. The van der Waals surface area contributed by atoms with Gasteiger partial charge in [-0.1, -0.05) is 12.1 Å². The second-order valence-electron chi connectivity index (χ2n) is 13.0. The van der Waals surface area contributed by atoms with Crippen molar-refractivity contribution in [2.24, 2.45) is 5.92 Å². The first kappa shape index (κ1) is 28.0. The van der Waals surface area contributed by atoms with Crippen LogP contribution < -0.4 is 10.2 Å². The maximum absolute atomic E-state index is 14.5. The number of fused-ring (bicyclic) bond motifs is 2. The molecular formula is C35H35FN6O3. The predicted octanol–water partition coefficient (Wildman–Crippen LogP) is 5.39. The van der Waals surface area contributed by atoms with Crippen molar-refractivity contribution in [3.63, 3.8) is 0 Å². The zero-order chi connectivity index (χ0) is 30.7. The normalized spacial score (nSPS) is 25.3.